The third-order valence-corrected chi connectivity index (χ3v) is 2.35. The van der Waals surface area contributed by atoms with Crippen molar-refractivity contribution in [1.82, 2.24) is 19.5 Å². The van der Waals surface area contributed by atoms with Gasteiger partial charge < -0.3 is 14.5 Å². The van der Waals surface area contributed by atoms with E-state index < -0.39 is 0 Å². The number of aromatic amines is 1. The highest BCUT2D eigenvalue weighted by molar-refractivity contribution is 5.33. The molecule has 2 heterocycles. The molecule has 0 aliphatic heterocycles. The second kappa shape index (κ2) is 4.18. The Bertz CT molecular complexity index is 530. The van der Waals surface area contributed by atoms with Crippen molar-refractivity contribution in [2.45, 2.75) is 6.54 Å². The fourth-order valence-electron chi connectivity index (χ4n) is 1.45. The average molecular weight is 219 g/mol. The van der Waals surface area contributed by atoms with Crippen molar-refractivity contribution in [3.8, 4) is 0 Å². The SMILES string of the molecule is CN(Cc1nccn1C)c1ncc[nH]c1=O. The van der Waals surface area contributed by atoms with Gasteiger partial charge in [0.1, 0.15) is 5.82 Å². The van der Waals surface area contributed by atoms with Gasteiger partial charge in [0.25, 0.3) is 5.56 Å². The van der Waals surface area contributed by atoms with Crippen LogP contribution in [0, 0.1) is 0 Å². The molecule has 6 heteroatoms. The zero-order valence-corrected chi connectivity index (χ0v) is 9.21. The Morgan fingerprint density at radius 2 is 2.25 bits per heavy atom. The zero-order chi connectivity index (χ0) is 11.5. The van der Waals surface area contributed by atoms with E-state index in [1.807, 2.05) is 24.9 Å². The summed E-state index contributed by atoms with van der Waals surface area (Å²) in [6.45, 7) is 0.545. The van der Waals surface area contributed by atoms with Crippen LogP contribution in [0.15, 0.2) is 29.6 Å². The molecular formula is C10H13N5O. The highest BCUT2D eigenvalue weighted by Gasteiger charge is 2.09. The second-order valence-corrected chi connectivity index (χ2v) is 3.55. The van der Waals surface area contributed by atoms with Crippen molar-refractivity contribution < 1.29 is 0 Å². The van der Waals surface area contributed by atoms with Crippen molar-refractivity contribution in [1.29, 1.82) is 0 Å². The molecule has 0 spiro atoms. The molecule has 1 N–H and O–H groups in total. The summed E-state index contributed by atoms with van der Waals surface area (Å²) in [6.07, 6.45) is 6.67. The van der Waals surface area contributed by atoms with Crippen molar-refractivity contribution in [3.63, 3.8) is 0 Å². The van der Waals surface area contributed by atoms with Crippen LogP contribution in [-0.2, 0) is 13.6 Å². The first-order valence-electron chi connectivity index (χ1n) is 4.89. The smallest absolute Gasteiger partial charge is 0.290 e. The molecule has 0 amide bonds. The number of hydrogen-bond acceptors (Lipinski definition) is 4. The van der Waals surface area contributed by atoms with Gasteiger partial charge in [-0.25, -0.2) is 9.97 Å². The number of anilines is 1. The molecule has 2 aromatic rings. The topological polar surface area (TPSA) is 66.8 Å². The summed E-state index contributed by atoms with van der Waals surface area (Å²) < 4.78 is 1.91. The van der Waals surface area contributed by atoms with E-state index in [4.69, 9.17) is 0 Å². The van der Waals surface area contributed by atoms with Crippen molar-refractivity contribution in [3.05, 3.63) is 41.0 Å². The summed E-state index contributed by atoms with van der Waals surface area (Å²) in [7, 11) is 3.73. The lowest BCUT2D eigenvalue weighted by Gasteiger charge is -2.16. The number of imidazole rings is 1. The number of aromatic nitrogens is 4. The second-order valence-electron chi connectivity index (χ2n) is 3.55. The number of rotatable bonds is 3. The van der Waals surface area contributed by atoms with Gasteiger partial charge in [0.05, 0.1) is 6.54 Å². The van der Waals surface area contributed by atoms with E-state index in [1.165, 1.54) is 6.20 Å². The molecule has 2 aromatic heterocycles. The molecule has 16 heavy (non-hydrogen) atoms. The van der Waals surface area contributed by atoms with Crippen LogP contribution in [0.2, 0.25) is 0 Å². The molecule has 0 fully saturated rings. The summed E-state index contributed by atoms with van der Waals surface area (Å²) in [5.41, 5.74) is -0.195. The van der Waals surface area contributed by atoms with Crippen molar-refractivity contribution in [2.75, 3.05) is 11.9 Å². The lowest BCUT2D eigenvalue weighted by molar-refractivity contribution is 0.751. The molecule has 6 nitrogen and oxygen atoms in total. The van der Waals surface area contributed by atoms with Gasteiger partial charge in [-0.3, -0.25) is 4.79 Å². The van der Waals surface area contributed by atoms with Gasteiger partial charge in [0, 0.05) is 38.9 Å². The average Bonchev–Trinajstić information content (AvgIpc) is 2.65. The van der Waals surface area contributed by atoms with Gasteiger partial charge >= 0.3 is 0 Å². The number of nitrogens with one attached hydrogen (secondary N) is 1. The number of aryl methyl sites for hydroxylation is 1. The lowest BCUT2D eigenvalue weighted by atomic mass is 10.5. The third kappa shape index (κ3) is 1.95. The van der Waals surface area contributed by atoms with E-state index in [0.29, 0.717) is 12.4 Å². The Balaban J connectivity index is 2.21. The fraction of sp³-hybridized carbons (Fsp3) is 0.300. The number of hydrogen-bond donors (Lipinski definition) is 1. The summed E-state index contributed by atoms with van der Waals surface area (Å²) in [5.74, 6) is 1.28. The van der Waals surface area contributed by atoms with E-state index in [0.717, 1.165) is 5.82 Å². The molecule has 2 rings (SSSR count). The Kier molecular flexibility index (Phi) is 2.72. The quantitative estimate of drug-likeness (QED) is 0.797. The van der Waals surface area contributed by atoms with E-state index in [2.05, 4.69) is 15.0 Å². The summed E-state index contributed by atoms with van der Waals surface area (Å²) in [4.78, 5) is 24.1. The first kappa shape index (κ1) is 10.4. The number of H-pyrrole nitrogens is 1. The van der Waals surface area contributed by atoms with Gasteiger partial charge in [0.15, 0.2) is 5.82 Å². The maximum Gasteiger partial charge on any atom is 0.290 e. The fourth-order valence-corrected chi connectivity index (χ4v) is 1.45. The molecule has 0 aromatic carbocycles. The van der Waals surface area contributed by atoms with Crippen LogP contribution in [0.1, 0.15) is 5.82 Å². The highest BCUT2D eigenvalue weighted by Crippen LogP contribution is 2.04. The molecule has 0 saturated carbocycles. The molecule has 0 aliphatic rings. The Morgan fingerprint density at radius 3 is 2.88 bits per heavy atom. The predicted molar refractivity (Wildman–Crippen MR) is 60.2 cm³/mol. The highest BCUT2D eigenvalue weighted by atomic mass is 16.1. The Hall–Kier alpha value is -2.11. The van der Waals surface area contributed by atoms with Crippen LogP contribution >= 0.6 is 0 Å². The standard InChI is InChI=1S/C10H13N5O/c1-14-6-5-11-8(14)7-15(2)9-10(16)13-4-3-12-9/h3-6H,7H2,1-2H3,(H,13,16). The maximum absolute atomic E-state index is 11.5. The zero-order valence-electron chi connectivity index (χ0n) is 9.21. The minimum Gasteiger partial charge on any atom is -0.348 e. The first-order chi connectivity index (χ1) is 7.68. The van der Waals surface area contributed by atoms with E-state index in [1.54, 1.807) is 17.3 Å². The minimum absolute atomic E-state index is 0.195. The predicted octanol–water partition coefficient (Wildman–Crippen LogP) is 0.140. The lowest BCUT2D eigenvalue weighted by Crippen LogP contribution is -2.26. The first-order valence-corrected chi connectivity index (χ1v) is 4.89. The van der Waals surface area contributed by atoms with E-state index in [9.17, 15) is 4.79 Å². The van der Waals surface area contributed by atoms with Crippen LogP contribution in [-0.4, -0.2) is 26.6 Å². The summed E-state index contributed by atoms with van der Waals surface area (Å²) in [5, 5.41) is 0. The molecule has 0 unspecified atom stereocenters. The summed E-state index contributed by atoms with van der Waals surface area (Å²) >= 11 is 0. The minimum atomic E-state index is -0.195. The van der Waals surface area contributed by atoms with Crippen LogP contribution in [0.3, 0.4) is 0 Å². The normalized spacial score (nSPS) is 10.4. The maximum atomic E-state index is 11.5. The van der Waals surface area contributed by atoms with Crippen molar-refractivity contribution >= 4 is 5.82 Å². The number of nitrogens with zero attached hydrogens (tertiary/aromatic N) is 4. The largest absolute Gasteiger partial charge is 0.348 e. The molecule has 0 radical (unpaired) electrons. The van der Waals surface area contributed by atoms with E-state index in [-0.39, 0.29) is 5.56 Å². The van der Waals surface area contributed by atoms with Crippen LogP contribution < -0.4 is 10.5 Å². The molecular weight excluding hydrogens is 206 g/mol. The third-order valence-electron chi connectivity index (χ3n) is 2.35. The van der Waals surface area contributed by atoms with Gasteiger partial charge in [-0.1, -0.05) is 0 Å². The molecule has 0 atom stereocenters. The van der Waals surface area contributed by atoms with Crippen LogP contribution in [0.25, 0.3) is 0 Å². The van der Waals surface area contributed by atoms with Gasteiger partial charge in [-0.2, -0.15) is 0 Å². The molecule has 0 bridgehead atoms. The van der Waals surface area contributed by atoms with Gasteiger partial charge in [-0.05, 0) is 0 Å². The molecule has 0 aliphatic carbocycles. The van der Waals surface area contributed by atoms with E-state index >= 15 is 0 Å². The van der Waals surface area contributed by atoms with Crippen LogP contribution in [0.5, 0.6) is 0 Å². The van der Waals surface area contributed by atoms with Gasteiger partial charge in [-0.15, -0.1) is 0 Å². The Morgan fingerprint density at radius 1 is 1.44 bits per heavy atom. The Labute approximate surface area is 92.6 Å². The van der Waals surface area contributed by atoms with Crippen molar-refractivity contribution in [2.24, 2.45) is 7.05 Å². The monoisotopic (exact) mass is 219 g/mol. The molecule has 0 saturated heterocycles. The summed E-state index contributed by atoms with van der Waals surface area (Å²) in [6, 6.07) is 0. The van der Waals surface area contributed by atoms with Crippen LogP contribution in [0.4, 0.5) is 5.82 Å². The molecule has 84 valence electrons. The van der Waals surface area contributed by atoms with Gasteiger partial charge in [0.2, 0.25) is 0 Å².